The second-order valence-electron chi connectivity index (χ2n) is 5.94. The molecule has 2 aromatic carbocycles. The molecule has 1 saturated heterocycles. The smallest absolute Gasteiger partial charge is 0.249 e. The molecular formula is C19H21ClN2O2. The topological polar surface area (TPSA) is 64.4 Å². The highest BCUT2D eigenvalue weighted by atomic mass is 35.5. The Kier molecular flexibility index (Phi) is 5.51. The number of nitrogens with two attached hydrogens (primary N) is 1. The fraction of sp³-hybridized carbons (Fsp3) is 0.316. The lowest BCUT2D eigenvalue weighted by atomic mass is 9.99. The van der Waals surface area contributed by atoms with E-state index in [0.717, 1.165) is 29.5 Å². The van der Waals surface area contributed by atoms with Crippen molar-refractivity contribution in [1.29, 1.82) is 0 Å². The van der Waals surface area contributed by atoms with Gasteiger partial charge in [-0.1, -0.05) is 48.0 Å². The summed E-state index contributed by atoms with van der Waals surface area (Å²) in [7, 11) is 0. The van der Waals surface area contributed by atoms with E-state index >= 15 is 0 Å². The van der Waals surface area contributed by atoms with E-state index in [0.29, 0.717) is 18.1 Å². The van der Waals surface area contributed by atoms with Crippen molar-refractivity contribution in [1.82, 2.24) is 5.32 Å². The van der Waals surface area contributed by atoms with Gasteiger partial charge in [-0.25, -0.2) is 0 Å². The van der Waals surface area contributed by atoms with Crippen LogP contribution in [0.15, 0.2) is 48.5 Å². The monoisotopic (exact) mass is 344 g/mol. The van der Waals surface area contributed by atoms with Crippen LogP contribution in [0, 0.1) is 0 Å². The number of benzene rings is 2. The van der Waals surface area contributed by atoms with Crippen LogP contribution in [-0.4, -0.2) is 24.7 Å². The van der Waals surface area contributed by atoms with Crippen molar-refractivity contribution in [2.24, 2.45) is 5.73 Å². The maximum Gasteiger partial charge on any atom is 0.249 e. The zero-order valence-electron chi connectivity index (χ0n) is 13.4. The second-order valence-corrected chi connectivity index (χ2v) is 6.38. The summed E-state index contributed by atoms with van der Waals surface area (Å²) in [5.41, 5.74) is 8.81. The van der Waals surface area contributed by atoms with Crippen molar-refractivity contribution in [3.05, 3.63) is 59.1 Å². The summed E-state index contributed by atoms with van der Waals surface area (Å²) in [6, 6.07) is 15.7. The number of nitrogens with one attached hydrogen (secondary N) is 1. The van der Waals surface area contributed by atoms with Gasteiger partial charge in [0.2, 0.25) is 5.91 Å². The number of hydrogen-bond donors (Lipinski definition) is 2. The summed E-state index contributed by atoms with van der Waals surface area (Å²) < 4.78 is 5.64. The Morgan fingerprint density at radius 1 is 1.17 bits per heavy atom. The number of halogens is 1. The minimum absolute atomic E-state index is 0.00195. The number of carbonyl (C=O) groups excluding carboxylic acids is 1. The molecule has 3 rings (SSSR count). The second kappa shape index (κ2) is 7.79. The molecular weight excluding hydrogens is 324 g/mol. The number of amides is 1. The first-order valence-electron chi connectivity index (χ1n) is 8.14. The molecule has 1 amide bonds. The zero-order valence-corrected chi connectivity index (χ0v) is 14.1. The van der Waals surface area contributed by atoms with Crippen LogP contribution in [0.25, 0.3) is 11.1 Å². The highest BCUT2D eigenvalue weighted by Crippen LogP contribution is 2.25. The lowest BCUT2D eigenvalue weighted by Crippen LogP contribution is -2.35. The third-order valence-electron chi connectivity index (χ3n) is 4.29. The molecule has 0 bridgehead atoms. The molecule has 1 fully saturated rings. The van der Waals surface area contributed by atoms with Crippen molar-refractivity contribution in [3.63, 3.8) is 0 Å². The van der Waals surface area contributed by atoms with Crippen molar-refractivity contribution >= 4 is 17.5 Å². The van der Waals surface area contributed by atoms with E-state index in [4.69, 9.17) is 22.1 Å². The lowest BCUT2D eigenvalue weighted by molar-refractivity contribution is -0.132. The van der Waals surface area contributed by atoms with E-state index in [-0.39, 0.29) is 18.1 Å². The third-order valence-corrected chi connectivity index (χ3v) is 4.54. The summed E-state index contributed by atoms with van der Waals surface area (Å²) in [5, 5.41) is 3.68. The molecule has 1 aliphatic heterocycles. The van der Waals surface area contributed by atoms with Gasteiger partial charge in [-0.15, -0.1) is 0 Å². The Balaban J connectivity index is 1.67. The molecule has 24 heavy (non-hydrogen) atoms. The van der Waals surface area contributed by atoms with Crippen LogP contribution >= 0.6 is 11.6 Å². The summed E-state index contributed by atoms with van der Waals surface area (Å²) in [5.74, 6) is -0.0724. The number of ether oxygens (including phenoxy) is 1. The molecule has 4 nitrogen and oxygen atoms in total. The molecule has 126 valence electrons. The van der Waals surface area contributed by atoms with E-state index in [2.05, 4.69) is 5.32 Å². The van der Waals surface area contributed by atoms with Gasteiger partial charge in [-0.2, -0.15) is 0 Å². The Bertz CT molecular complexity index is 703. The van der Waals surface area contributed by atoms with Gasteiger partial charge in [-0.3, -0.25) is 4.79 Å². The third kappa shape index (κ3) is 3.96. The Morgan fingerprint density at radius 3 is 2.62 bits per heavy atom. The lowest BCUT2D eigenvalue weighted by Gasteiger charge is -2.14. The van der Waals surface area contributed by atoms with Crippen LogP contribution < -0.4 is 11.1 Å². The van der Waals surface area contributed by atoms with Crippen molar-refractivity contribution in [2.45, 2.75) is 31.6 Å². The van der Waals surface area contributed by atoms with E-state index in [9.17, 15) is 4.79 Å². The zero-order chi connectivity index (χ0) is 16.9. The molecule has 2 aromatic rings. The van der Waals surface area contributed by atoms with Crippen LogP contribution in [0.4, 0.5) is 0 Å². The first kappa shape index (κ1) is 17.0. The van der Waals surface area contributed by atoms with E-state index in [1.54, 1.807) is 0 Å². The predicted molar refractivity (Wildman–Crippen MR) is 95.7 cm³/mol. The summed E-state index contributed by atoms with van der Waals surface area (Å²) in [6.07, 6.45) is 1.19. The quantitative estimate of drug-likeness (QED) is 0.875. The highest BCUT2D eigenvalue weighted by molar-refractivity contribution is 6.30. The van der Waals surface area contributed by atoms with E-state index in [1.807, 2.05) is 48.5 Å². The van der Waals surface area contributed by atoms with Gasteiger partial charge < -0.3 is 15.8 Å². The van der Waals surface area contributed by atoms with Gasteiger partial charge in [0.1, 0.15) is 6.10 Å². The Hall–Kier alpha value is -1.88. The SMILES string of the molecule is NC[C@H]1CC[C@@H](C(=O)NCc2ccccc2-c2ccc(Cl)cc2)O1. The predicted octanol–water partition coefficient (Wildman–Crippen LogP) is 3.13. The maximum atomic E-state index is 12.3. The van der Waals surface area contributed by atoms with Crippen LogP contribution in [0.2, 0.25) is 5.02 Å². The first-order chi connectivity index (χ1) is 11.7. The fourth-order valence-electron chi connectivity index (χ4n) is 2.95. The van der Waals surface area contributed by atoms with Crippen LogP contribution in [0.5, 0.6) is 0 Å². The van der Waals surface area contributed by atoms with E-state index < -0.39 is 0 Å². The molecule has 5 heteroatoms. The Morgan fingerprint density at radius 2 is 1.92 bits per heavy atom. The summed E-state index contributed by atoms with van der Waals surface area (Å²) in [6.45, 7) is 0.925. The van der Waals surface area contributed by atoms with Crippen LogP contribution in [0.3, 0.4) is 0 Å². The molecule has 0 unspecified atom stereocenters. The largest absolute Gasteiger partial charge is 0.364 e. The van der Waals surface area contributed by atoms with Crippen molar-refractivity contribution in [3.8, 4) is 11.1 Å². The molecule has 2 atom stereocenters. The minimum atomic E-state index is -0.388. The fourth-order valence-corrected chi connectivity index (χ4v) is 3.08. The summed E-state index contributed by atoms with van der Waals surface area (Å²) in [4.78, 5) is 12.3. The van der Waals surface area contributed by atoms with Crippen LogP contribution in [0.1, 0.15) is 18.4 Å². The van der Waals surface area contributed by atoms with Gasteiger partial charge in [0.15, 0.2) is 0 Å². The average Bonchev–Trinajstić information content (AvgIpc) is 3.10. The number of rotatable bonds is 5. The van der Waals surface area contributed by atoms with Gasteiger partial charge in [0.25, 0.3) is 0 Å². The molecule has 1 heterocycles. The highest BCUT2D eigenvalue weighted by Gasteiger charge is 2.29. The van der Waals surface area contributed by atoms with Gasteiger partial charge >= 0.3 is 0 Å². The van der Waals surface area contributed by atoms with Gasteiger partial charge in [0.05, 0.1) is 6.10 Å². The standard InChI is InChI=1S/C19H21ClN2O2/c20-15-7-5-13(6-8-15)17-4-2-1-3-14(17)12-22-19(23)18-10-9-16(11-21)24-18/h1-8,16,18H,9-12,21H2,(H,22,23)/t16-,18+/m1/s1. The molecule has 0 spiro atoms. The molecule has 1 aliphatic rings. The Labute approximate surface area is 147 Å². The molecule has 0 aromatic heterocycles. The molecule has 0 aliphatic carbocycles. The molecule has 0 saturated carbocycles. The number of hydrogen-bond acceptors (Lipinski definition) is 3. The van der Waals surface area contributed by atoms with Crippen LogP contribution in [-0.2, 0) is 16.1 Å². The summed E-state index contributed by atoms with van der Waals surface area (Å²) >= 11 is 5.96. The number of carbonyl (C=O) groups is 1. The molecule has 3 N–H and O–H groups in total. The van der Waals surface area contributed by atoms with E-state index in [1.165, 1.54) is 0 Å². The normalized spacial score (nSPS) is 20.1. The minimum Gasteiger partial charge on any atom is -0.364 e. The molecule has 0 radical (unpaired) electrons. The maximum absolute atomic E-state index is 12.3. The van der Waals surface area contributed by atoms with Crippen molar-refractivity contribution < 1.29 is 9.53 Å². The average molecular weight is 345 g/mol. The van der Waals surface area contributed by atoms with Crippen molar-refractivity contribution in [2.75, 3.05) is 6.54 Å². The first-order valence-corrected chi connectivity index (χ1v) is 8.52. The van der Waals surface area contributed by atoms with Gasteiger partial charge in [-0.05, 0) is 41.7 Å². The van der Waals surface area contributed by atoms with Gasteiger partial charge in [0, 0.05) is 18.1 Å².